The van der Waals surface area contributed by atoms with Crippen LogP contribution in [0, 0.1) is 11.7 Å². The molecule has 0 N–H and O–H groups in total. The fourth-order valence-corrected chi connectivity index (χ4v) is 2.26. The number of halogens is 1. The minimum atomic E-state index is -0.459. The van der Waals surface area contributed by atoms with Crippen LogP contribution < -0.4 is 0 Å². The molecule has 1 atom stereocenters. The second-order valence-corrected chi connectivity index (χ2v) is 6.39. The molecule has 1 unspecified atom stereocenters. The lowest BCUT2D eigenvalue weighted by Gasteiger charge is -2.24. The number of ether oxygens (including phenoxy) is 1. The molecule has 0 radical (unpaired) electrons. The van der Waals surface area contributed by atoms with E-state index in [0.29, 0.717) is 19.0 Å². The van der Waals surface area contributed by atoms with Gasteiger partial charge < -0.3 is 9.64 Å². The van der Waals surface area contributed by atoms with Crippen LogP contribution in [-0.4, -0.2) is 29.7 Å². The number of hydrogen-bond donors (Lipinski definition) is 0. The summed E-state index contributed by atoms with van der Waals surface area (Å²) in [6.45, 7) is 6.99. The zero-order valence-electron chi connectivity index (χ0n) is 12.8. The van der Waals surface area contributed by atoms with Gasteiger partial charge in [-0.2, -0.15) is 0 Å². The Hall–Kier alpha value is -1.84. The largest absolute Gasteiger partial charge is 0.444 e. The number of likely N-dealkylation sites (tertiary alicyclic amines) is 1. The lowest BCUT2D eigenvalue weighted by Crippen LogP contribution is -2.35. The lowest BCUT2D eigenvalue weighted by atomic mass is 10.1. The Balaban J connectivity index is 1.87. The van der Waals surface area contributed by atoms with Crippen LogP contribution in [0.4, 0.5) is 9.18 Å². The molecule has 114 valence electrons. The average molecular weight is 291 g/mol. The van der Waals surface area contributed by atoms with E-state index >= 15 is 0 Å². The van der Waals surface area contributed by atoms with Gasteiger partial charge >= 0.3 is 6.09 Å². The van der Waals surface area contributed by atoms with Gasteiger partial charge in [-0.15, -0.1) is 0 Å². The Kier molecular flexibility index (Phi) is 4.66. The predicted molar refractivity (Wildman–Crippen MR) is 81.3 cm³/mol. The highest BCUT2D eigenvalue weighted by atomic mass is 19.1. The highest BCUT2D eigenvalue weighted by molar-refractivity contribution is 5.68. The molecule has 1 aromatic carbocycles. The van der Waals surface area contributed by atoms with Crippen molar-refractivity contribution in [3.05, 3.63) is 41.7 Å². The maximum absolute atomic E-state index is 12.8. The van der Waals surface area contributed by atoms with E-state index in [9.17, 15) is 9.18 Å². The minimum absolute atomic E-state index is 0.232. The second-order valence-electron chi connectivity index (χ2n) is 6.39. The first-order chi connectivity index (χ1) is 9.83. The van der Waals surface area contributed by atoms with Crippen LogP contribution in [-0.2, 0) is 4.74 Å². The maximum Gasteiger partial charge on any atom is 0.410 e. The molecule has 1 aliphatic heterocycles. The normalized spacial score (nSPS) is 19.2. The summed E-state index contributed by atoms with van der Waals surface area (Å²) in [5.74, 6) is 0.0895. The van der Waals surface area contributed by atoms with Gasteiger partial charge in [-0.1, -0.05) is 24.3 Å². The van der Waals surface area contributed by atoms with Crippen LogP contribution in [0.5, 0.6) is 0 Å². The molecule has 21 heavy (non-hydrogen) atoms. The number of carbonyl (C=O) groups is 1. The summed E-state index contributed by atoms with van der Waals surface area (Å²) < 4.78 is 18.2. The van der Waals surface area contributed by atoms with Crippen LogP contribution in [0.3, 0.4) is 0 Å². The molecule has 0 aliphatic carbocycles. The Bertz CT molecular complexity index is 517. The van der Waals surface area contributed by atoms with Crippen molar-refractivity contribution in [3.8, 4) is 0 Å². The van der Waals surface area contributed by atoms with Crippen LogP contribution in [0.15, 0.2) is 30.3 Å². The van der Waals surface area contributed by atoms with Crippen LogP contribution in [0.25, 0.3) is 6.08 Å². The maximum atomic E-state index is 12.8. The smallest absolute Gasteiger partial charge is 0.410 e. The number of nitrogens with zero attached hydrogens (tertiary/aromatic N) is 1. The second kappa shape index (κ2) is 6.29. The Morgan fingerprint density at radius 3 is 2.62 bits per heavy atom. The van der Waals surface area contributed by atoms with Crippen molar-refractivity contribution in [3.63, 3.8) is 0 Å². The first-order valence-corrected chi connectivity index (χ1v) is 7.25. The molecular weight excluding hydrogens is 269 g/mol. The molecule has 4 heteroatoms. The zero-order chi connectivity index (χ0) is 15.5. The molecular formula is C17H22FNO2. The van der Waals surface area contributed by atoms with Crippen molar-refractivity contribution in [2.75, 3.05) is 13.1 Å². The van der Waals surface area contributed by atoms with Crippen molar-refractivity contribution < 1.29 is 13.9 Å². The average Bonchev–Trinajstić information content (AvgIpc) is 2.85. The molecule has 0 saturated carbocycles. The predicted octanol–water partition coefficient (Wildman–Crippen LogP) is 4.10. The van der Waals surface area contributed by atoms with Gasteiger partial charge in [-0.05, 0) is 50.8 Å². The van der Waals surface area contributed by atoms with Gasteiger partial charge in [0.1, 0.15) is 11.4 Å². The van der Waals surface area contributed by atoms with Crippen molar-refractivity contribution in [1.82, 2.24) is 4.90 Å². The highest BCUT2D eigenvalue weighted by Crippen LogP contribution is 2.21. The Morgan fingerprint density at radius 2 is 2.00 bits per heavy atom. The summed E-state index contributed by atoms with van der Waals surface area (Å²) in [4.78, 5) is 13.7. The fraction of sp³-hybridized carbons (Fsp3) is 0.471. The number of rotatable bonds is 2. The zero-order valence-corrected chi connectivity index (χ0v) is 12.8. The molecule has 3 nitrogen and oxygen atoms in total. The SMILES string of the molecule is CC(C)(C)OC(=O)N1CCC(/C=C\c2ccc(F)cc2)C1. The quantitative estimate of drug-likeness (QED) is 0.821. The third-order valence-electron chi connectivity index (χ3n) is 3.31. The van der Waals surface area contributed by atoms with E-state index in [1.807, 2.05) is 26.8 Å². The molecule has 0 spiro atoms. The van der Waals surface area contributed by atoms with E-state index in [4.69, 9.17) is 4.74 Å². The van der Waals surface area contributed by atoms with Gasteiger partial charge in [0.2, 0.25) is 0 Å². The van der Waals surface area contributed by atoms with Gasteiger partial charge in [-0.25, -0.2) is 9.18 Å². The van der Waals surface area contributed by atoms with Crippen molar-refractivity contribution >= 4 is 12.2 Å². The molecule has 1 saturated heterocycles. The van der Waals surface area contributed by atoms with Crippen molar-refractivity contribution in [2.24, 2.45) is 5.92 Å². The van der Waals surface area contributed by atoms with E-state index < -0.39 is 5.60 Å². The molecule has 0 aromatic heterocycles. The van der Waals surface area contributed by atoms with Crippen molar-refractivity contribution in [1.29, 1.82) is 0 Å². The summed E-state index contributed by atoms with van der Waals surface area (Å²) >= 11 is 0. The van der Waals surface area contributed by atoms with E-state index in [1.54, 1.807) is 17.0 Å². The van der Waals surface area contributed by atoms with Gasteiger partial charge in [0.15, 0.2) is 0 Å². The Labute approximate surface area is 125 Å². The van der Waals surface area contributed by atoms with Gasteiger partial charge in [0, 0.05) is 13.1 Å². The van der Waals surface area contributed by atoms with Crippen LogP contribution >= 0.6 is 0 Å². The molecule has 0 bridgehead atoms. The molecule has 2 rings (SSSR count). The lowest BCUT2D eigenvalue weighted by molar-refractivity contribution is 0.0291. The standard InChI is InChI=1S/C17H22FNO2/c1-17(2,3)21-16(20)19-11-10-14(12-19)5-4-13-6-8-15(18)9-7-13/h4-9,14H,10-12H2,1-3H3/b5-4-. The number of hydrogen-bond acceptors (Lipinski definition) is 2. The number of benzene rings is 1. The third kappa shape index (κ3) is 4.88. The number of amides is 1. The van der Waals surface area contributed by atoms with Crippen LogP contribution in [0.1, 0.15) is 32.8 Å². The first-order valence-electron chi connectivity index (χ1n) is 7.25. The van der Waals surface area contributed by atoms with E-state index in [2.05, 4.69) is 6.08 Å². The topological polar surface area (TPSA) is 29.5 Å². The van der Waals surface area contributed by atoms with E-state index in [-0.39, 0.29) is 11.9 Å². The summed E-state index contributed by atoms with van der Waals surface area (Å²) in [5.41, 5.74) is 0.506. The Morgan fingerprint density at radius 1 is 1.33 bits per heavy atom. The van der Waals surface area contributed by atoms with Crippen molar-refractivity contribution in [2.45, 2.75) is 32.8 Å². The summed E-state index contributed by atoms with van der Waals surface area (Å²) in [6.07, 6.45) is 4.73. The highest BCUT2D eigenvalue weighted by Gasteiger charge is 2.28. The third-order valence-corrected chi connectivity index (χ3v) is 3.31. The van der Waals surface area contributed by atoms with E-state index in [0.717, 1.165) is 12.0 Å². The van der Waals surface area contributed by atoms with Gasteiger partial charge in [-0.3, -0.25) is 0 Å². The molecule has 1 aromatic rings. The summed E-state index contributed by atoms with van der Waals surface area (Å²) in [5, 5.41) is 0. The van der Waals surface area contributed by atoms with Gasteiger partial charge in [0.25, 0.3) is 0 Å². The molecule has 1 amide bonds. The summed E-state index contributed by atoms with van der Waals surface area (Å²) in [6, 6.07) is 6.38. The first kappa shape index (κ1) is 15.5. The summed E-state index contributed by atoms with van der Waals surface area (Å²) in [7, 11) is 0. The molecule has 1 aliphatic rings. The number of carbonyl (C=O) groups excluding carboxylic acids is 1. The van der Waals surface area contributed by atoms with E-state index in [1.165, 1.54) is 12.1 Å². The van der Waals surface area contributed by atoms with Gasteiger partial charge in [0.05, 0.1) is 0 Å². The molecule has 1 fully saturated rings. The van der Waals surface area contributed by atoms with Crippen LogP contribution in [0.2, 0.25) is 0 Å². The minimum Gasteiger partial charge on any atom is -0.444 e. The fourth-order valence-electron chi connectivity index (χ4n) is 2.26. The molecule has 1 heterocycles. The monoisotopic (exact) mass is 291 g/mol.